The normalized spacial score (nSPS) is 22.6. The van der Waals surface area contributed by atoms with Gasteiger partial charge in [0.15, 0.2) is 0 Å². The lowest BCUT2D eigenvalue weighted by Gasteiger charge is -2.08. The van der Waals surface area contributed by atoms with Crippen LogP contribution in [0.25, 0.3) is 12.2 Å². The molecule has 3 aliphatic rings. The zero-order chi connectivity index (χ0) is 17.1. The summed E-state index contributed by atoms with van der Waals surface area (Å²) in [7, 11) is 0. The quantitative estimate of drug-likeness (QED) is 0.563. The third-order valence-electron chi connectivity index (χ3n) is 5.34. The number of aromatic amines is 3. The summed E-state index contributed by atoms with van der Waals surface area (Å²) < 4.78 is 0. The maximum absolute atomic E-state index is 4.97. The van der Waals surface area contributed by atoms with Gasteiger partial charge in [0.25, 0.3) is 0 Å². The van der Waals surface area contributed by atoms with Crippen molar-refractivity contribution in [3.63, 3.8) is 0 Å². The van der Waals surface area contributed by atoms with Crippen LogP contribution in [0.1, 0.15) is 28.7 Å². The molecule has 3 aromatic heterocycles. The monoisotopic (exact) mass is 338 g/mol. The lowest BCUT2D eigenvalue weighted by atomic mass is 10.0. The topological polar surface area (TPSA) is 59.7 Å². The third kappa shape index (κ3) is 2.19. The highest BCUT2D eigenvalue weighted by Gasteiger charge is 2.29. The van der Waals surface area contributed by atoms with E-state index in [9.17, 15) is 0 Å². The van der Waals surface area contributed by atoms with Crippen molar-refractivity contribution in [2.24, 2.45) is 4.99 Å². The summed E-state index contributed by atoms with van der Waals surface area (Å²) >= 11 is 0. The van der Waals surface area contributed by atoms with E-state index in [1.54, 1.807) is 0 Å². The average molecular weight is 338 g/mol. The smallest absolute Gasteiger partial charge is 0.0897 e. The lowest BCUT2D eigenvalue weighted by molar-refractivity contribution is 0.989. The van der Waals surface area contributed by atoms with Gasteiger partial charge in [-0.1, -0.05) is 12.2 Å². The molecule has 2 aliphatic heterocycles. The minimum atomic E-state index is 0.0957. The summed E-state index contributed by atoms with van der Waals surface area (Å²) in [6.45, 7) is 0. The van der Waals surface area contributed by atoms with Crippen LogP contribution < -0.4 is 10.7 Å². The minimum Gasteiger partial charge on any atom is -0.361 e. The fourth-order valence-electron chi connectivity index (χ4n) is 4.13. The molecule has 6 rings (SSSR count). The summed E-state index contributed by atoms with van der Waals surface area (Å²) in [5.41, 5.74) is 7.17. The number of aromatic nitrogens is 3. The van der Waals surface area contributed by atoms with E-state index in [0.717, 1.165) is 22.8 Å². The number of hydrogen-bond acceptors (Lipinski definition) is 1. The fraction of sp³-hybridized carbons (Fsp3) is 0.136. The fourth-order valence-corrected chi connectivity index (χ4v) is 4.13. The Morgan fingerprint density at radius 1 is 0.846 bits per heavy atom. The SMILES string of the molecule is C1=CC2C3=NC(C=C13)C=c1ccc([nH]1)=Cc1ccc([nH]1)Cc1ccc2[nH]1. The van der Waals surface area contributed by atoms with Crippen LogP contribution in [-0.4, -0.2) is 26.7 Å². The van der Waals surface area contributed by atoms with Gasteiger partial charge in [-0.2, -0.15) is 0 Å². The first-order valence-corrected chi connectivity index (χ1v) is 9.03. The van der Waals surface area contributed by atoms with Crippen LogP contribution in [-0.2, 0) is 6.42 Å². The van der Waals surface area contributed by atoms with Gasteiger partial charge < -0.3 is 15.0 Å². The summed E-state index contributed by atoms with van der Waals surface area (Å²) in [5.74, 6) is 0.230. The molecule has 0 saturated carbocycles. The number of aliphatic imine (C=N–C) groups is 1. The van der Waals surface area contributed by atoms with Crippen LogP contribution in [0.4, 0.5) is 0 Å². The Morgan fingerprint density at radius 3 is 2.73 bits per heavy atom. The number of rotatable bonds is 0. The van der Waals surface area contributed by atoms with Crippen LogP contribution in [0.5, 0.6) is 0 Å². The minimum absolute atomic E-state index is 0.0957. The van der Waals surface area contributed by atoms with E-state index in [0.29, 0.717) is 0 Å². The first kappa shape index (κ1) is 14.0. The molecule has 0 aromatic carbocycles. The second-order valence-electron chi connectivity index (χ2n) is 7.20. The van der Waals surface area contributed by atoms with Crippen molar-refractivity contribution in [1.82, 2.24) is 15.0 Å². The number of hydrogen-bond donors (Lipinski definition) is 3. The van der Waals surface area contributed by atoms with Gasteiger partial charge >= 0.3 is 0 Å². The van der Waals surface area contributed by atoms with Crippen molar-refractivity contribution in [2.45, 2.75) is 18.4 Å². The first-order chi connectivity index (χ1) is 12.8. The molecule has 0 amide bonds. The zero-order valence-electron chi connectivity index (χ0n) is 14.2. The molecular formula is C22H18N4. The van der Waals surface area contributed by atoms with Gasteiger partial charge in [-0.05, 0) is 60.2 Å². The maximum Gasteiger partial charge on any atom is 0.0897 e. The molecule has 0 fully saturated rings. The summed E-state index contributed by atoms with van der Waals surface area (Å²) in [6, 6.07) is 13.0. The number of fused-ring (bicyclic) bond motifs is 8. The molecule has 2 atom stereocenters. The van der Waals surface area contributed by atoms with Gasteiger partial charge in [-0.15, -0.1) is 0 Å². The van der Waals surface area contributed by atoms with Crippen LogP contribution >= 0.6 is 0 Å². The van der Waals surface area contributed by atoms with E-state index in [1.165, 1.54) is 28.4 Å². The highest BCUT2D eigenvalue weighted by molar-refractivity contribution is 6.12. The Labute approximate surface area is 150 Å². The zero-order valence-corrected chi connectivity index (χ0v) is 14.2. The molecule has 126 valence electrons. The van der Waals surface area contributed by atoms with E-state index in [1.807, 2.05) is 0 Å². The van der Waals surface area contributed by atoms with Crippen LogP contribution in [0, 0.1) is 0 Å². The predicted octanol–water partition coefficient (Wildman–Crippen LogP) is 2.29. The van der Waals surface area contributed by atoms with E-state index >= 15 is 0 Å². The molecule has 5 heterocycles. The van der Waals surface area contributed by atoms with Crippen molar-refractivity contribution < 1.29 is 0 Å². The van der Waals surface area contributed by atoms with Crippen molar-refractivity contribution in [2.75, 3.05) is 0 Å². The van der Waals surface area contributed by atoms with Gasteiger partial charge in [0.1, 0.15) is 0 Å². The molecule has 0 saturated heterocycles. The van der Waals surface area contributed by atoms with E-state index in [2.05, 4.69) is 81.7 Å². The highest BCUT2D eigenvalue weighted by Crippen LogP contribution is 2.33. The summed E-state index contributed by atoms with van der Waals surface area (Å²) in [5, 5.41) is 2.19. The second-order valence-corrected chi connectivity index (χ2v) is 7.20. The molecule has 0 spiro atoms. The van der Waals surface area contributed by atoms with Crippen LogP contribution in [0.3, 0.4) is 0 Å². The van der Waals surface area contributed by atoms with Gasteiger partial charge in [-0.3, -0.25) is 4.99 Å². The lowest BCUT2D eigenvalue weighted by Crippen LogP contribution is -2.12. The number of nitrogens with one attached hydrogen (secondary N) is 3. The van der Waals surface area contributed by atoms with E-state index < -0.39 is 0 Å². The molecule has 2 unspecified atom stereocenters. The highest BCUT2D eigenvalue weighted by atomic mass is 14.9. The van der Waals surface area contributed by atoms with Crippen molar-refractivity contribution in [1.29, 1.82) is 0 Å². The first-order valence-electron chi connectivity index (χ1n) is 9.03. The van der Waals surface area contributed by atoms with Gasteiger partial charge in [0, 0.05) is 39.9 Å². The largest absolute Gasteiger partial charge is 0.361 e. The van der Waals surface area contributed by atoms with Crippen LogP contribution in [0.15, 0.2) is 65.2 Å². The summed E-state index contributed by atoms with van der Waals surface area (Å²) in [4.78, 5) is 15.5. The van der Waals surface area contributed by atoms with Crippen LogP contribution in [0.2, 0.25) is 0 Å². The molecule has 1 aliphatic carbocycles. The van der Waals surface area contributed by atoms with Gasteiger partial charge in [-0.25, -0.2) is 0 Å². The van der Waals surface area contributed by atoms with Crippen molar-refractivity contribution in [3.8, 4) is 0 Å². The Kier molecular flexibility index (Phi) is 2.75. The molecule has 8 bridgehead atoms. The Morgan fingerprint density at radius 2 is 1.73 bits per heavy atom. The summed E-state index contributed by atoms with van der Waals surface area (Å²) in [6.07, 6.45) is 11.9. The number of nitrogens with zero attached hydrogens (tertiary/aromatic N) is 1. The average Bonchev–Trinajstić information content (AvgIpc) is 3.38. The van der Waals surface area contributed by atoms with Gasteiger partial charge in [0.2, 0.25) is 0 Å². The second kappa shape index (κ2) is 5.11. The molecule has 3 aromatic rings. The van der Waals surface area contributed by atoms with Gasteiger partial charge in [0.05, 0.1) is 17.7 Å². The Hall–Kier alpha value is -3.27. The standard InChI is InChI=1S/C22H18N4/c1-7-20-21-8-6-18(25-21)11-16-3-2-14(23-16)10-15-4-5-17(24-15)12-19-9-13(1)22(20)26-19/h1-10,12,19-20,23-25H,11H2. The van der Waals surface area contributed by atoms with E-state index in [-0.39, 0.29) is 12.0 Å². The maximum atomic E-state index is 4.97. The Balaban J connectivity index is 1.55. The molecule has 4 heteroatoms. The number of H-pyrrole nitrogens is 3. The van der Waals surface area contributed by atoms with Crippen molar-refractivity contribution in [3.05, 3.63) is 93.7 Å². The Bertz CT molecular complexity index is 1220. The third-order valence-corrected chi connectivity index (χ3v) is 5.34. The molecule has 4 nitrogen and oxygen atoms in total. The molecule has 0 radical (unpaired) electrons. The molecule has 26 heavy (non-hydrogen) atoms. The van der Waals surface area contributed by atoms with E-state index in [4.69, 9.17) is 4.99 Å². The molecular weight excluding hydrogens is 320 g/mol. The molecule has 3 N–H and O–H groups in total. The van der Waals surface area contributed by atoms with Crippen molar-refractivity contribution >= 4 is 17.9 Å². The predicted molar refractivity (Wildman–Crippen MR) is 104 cm³/mol. The number of allylic oxidation sites excluding steroid dienone is 3.